The Morgan fingerprint density at radius 2 is 2.07 bits per heavy atom. The van der Waals surface area contributed by atoms with Crippen LogP contribution in [-0.4, -0.2) is 39.1 Å². The first-order valence-corrected chi connectivity index (χ1v) is 9.74. The number of likely N-dealkylation sites (tertiary alicyclic amines) is 1. The predicted molar refractivity (Wildman–Crippen MR) is 110 cm³/mol. The molecule has 0 bridgehead atoms. The SMILES string of the molecule is Cc1nc(-c2cccc(NC(=O)C3CCCN(Cc4ccccc4)C3)c2)n[nH]1. The number of aryl methyl sites for hydroxylation is 1. The molecule has 28 heavy (non-hydrogen) atoms. The van der Waals surface area contributed by atoms with E-state index in [0.717, 1.165) is 49.6 Å². The van der Waals surface area contributed by atoms with Crippen LogP contribution in [-0.2, 0) is 11.3 Å². The number of nitrogens with one attached hydrogen (secondary N) is 2. The summed E-state index contributed by atoms with van der Waals surface area (Å²) in [4.78, 5) is 19.6. The van der Waals surface area contributed by atoms with Crippen LogP contribution < -0.4 is 5.32 Å². The zero-order chi connectivity index (χ0) is 19.3. The van der Waals surface area contributed by atoms with Gasteiger partial charge in [0.1, 0.15) is 5.82 Å². The molecule has 1 aromatic heterocycles. The van der Waals surface area contributed by atoms with Crippen molar-refractivity contribution in [1.82, 2.24) is 20.1 Å². The number of anilines is 1. The quantitative estimate of drug-likeness (QED) is 0.714. The summed E-state index contributed by atoms with van der Waals surface area (Å²) in [5.41, 5.74) is 2.96. The molecule has 0 radical (unpaired) electrons. The first kappa shape index (κ1) is 18.4. The molecule has 0 aliphatic carbocycles. The molecule has 6 nitrogen and oxygen atoms in total. The van der Waals surface area contributed by atoms with Gasteiger partial charge >= 0.3 is 0 Å². The van der Waals surface area contributed by atoms with Crippen LogP contribution in [0.3, 0.4) is 0 Å². The van der Waals surface area contributed by atoms with E-state index in [0.29, 0.717) is 5.82 Å². The lowest BCUT2D eigenvalue weighted by Crippen LogP contribution is -2.40. The van der Waals surface area contributed by atoms with Crippen LogP contribution >= 0.6 is 0 Å². The molecule has 6 heteroatoms. The molecule has 1 atom stereocenters. The third kappa shape index (κ3) is 4.46. The van der Waals surface area contributed by atoms with E-state index in [4.69, 9.17) is 0 Å². The van der Waals surface area contributed by atoms with Crippen molar-refractivity contribution < 1.29 is 4.79 Å². The number of amides is 1. The highest BCUT2D eigenvalue weighted by Crippen LogP contribution is 2.23. The van der Waals surface area contributed by atoms with Crippen molar-refractivity contribution in [2.75, 3.05) is 18.4 Å². The molecule has 1 aliphatic heterocycles. The van der Waals surface area contributed by atoms with Crippen LogP contribution in [0.5, 0.6) is 0 Å². The van der Waals surface area contributed by atoms with Crippen LogP contribution in [0.25, 0.3) is 11.4 Å². The fourth-order valence-corrected chi connectivity index (χ4v) is 3.71. The highest BCUT2D eigenvalue weighted by molar-refractivity contribution is 5.93. The molecule has 2 aromatic carbocycles. The number of benzene rings is 2. The molecule has 0 spiro atoms. The largest absolute Gasteiger partial charge is 0.326 e. The molecule has 1 saturated heterocycles. The van der Waals surface area contributed by atoms with E-state index in [1.807, 2.05) is 37.3 Å². The highest BCUT2D eigenvalue weighted by atomic mass is 16.1. The lowest BCUT2D eigenvalue weighted by molar-refractivity contribution is -0.121. The Balaban J connectivity index is 1.39. The third-order valence-electron chi connectivity index (χ3n) is 5.11. The highest BCUT2D eigenvalue weighted by Gasteiger charge is 2.26. The van der Waals surface area contributed by atoms with E-state index >= 15 is 0 Å². The number of rotatable bonds is 5. The topological polar surface area (TPSA) is 73.9 Å². The van der Waals surface area contributed by atoms with Gasteiger partial charge in [-0.05, 0) is 44.0 Å². The van der Waals surface area contributed by atoms with Crippen molar-refractivity contribution in [3.05, 3.63) is 66.0 Å². The zero-order valence-corrected chi connectivity index (χ0v) is 16.1. The lowest BCUT2D eigenvalue weighted by atomic mass is 9.96. The van der Waals surface area contributed by atoms with Gasteiger partial charge in [0, 0.05) is 24.3 Å². The Labute approximate surface area is 165 Å². The number of hydrogen-bond acceptors (Lipinski definition) is 4. The summed E-state index contributed by atoms with van der Waals surface area (Å²) < 4.78 is 0. The Bertz CT molecular complexity index is 937. The third-order valence-corrected chi connectivity index (χ3v) is 5.11. The number of aromatic amines is 1. The number of nitrogens with zero attached hydrogens (tertiary/aromatic N) is 3. The average Bonchev–Trinajstić information content (AvgIpc) is 3.16. The standard InChI is InChI=1S/C22H25N5O/c1-16-23-21(26-25-16)18-9-5-11-20(13-18)24-22(28)19-10-6-12-27(15-19)14-17-7-3-2-4-8-17/h2-5,7-9,11,13,19H,6,10,12,14-15H2,1H3,(H,24,28)(H,23,25,26). The maximum atomic E-state index is 12.8. The van der Waals surface area contributed by atoms with Gasteiger partial charge in [-0.3, -0.25) is 14.8 Å². The van der Waals surface area contributed by atoms with Crippen molar-refractivity contribution in [2.45, 2.75) is 26.3 Å². The van der Waals surface area contributed by atoms with E-state index < -0.39 is 0 Å². The Morgan fingerprint density at radius 3 is 2.86 bits per heavy atom. The van der Waals surface area contributed by atoms with Crippen molar-refractivity contribution in [3.63, 3.8) is 0 Å². The summed E-state index contributed by atoms with van der Waals surface area (Å²) in [6.07, 6.45) is 1.97. The summed E-state index contributed by atoms with van der Waals surface area (Å²) in [5.74, 6) is 1.50. The van der Waals surface area contributed by atoms with E-state index in [-0.39, 0.29) is 11.8 Å². The fraction of sp³-hybridized carbons (Fsp3) is 0.318. The molecule has 1 amide bonds. The van der Waals surface area contributed by atoms with Crippen molar-refractivity contribution >= 4 is 11.6 Å². The van der Waals surface area contributed by atoms with Gasteiger partial charge < -0.3 is 5.32 Å². The summed E-state index contributed by atoms with van der Waals surface area (Å²) in [6.45, 7) is 4.59. The van der Waals surface area contributed by atoms with Crippen LogP contribution in [0.15, 0.2) is 54.6 Å². The molecule has 3 aromatic rings. The van der Waals surface area contributed by atoms with Gasteiger partial charge in [0.2, 0.25) is 5.91 Å². The first-order valence-electron chi connectivity index (χ1n) is 9.74. The van der Waals surface area contributed by atoms with Crippen LogP contribution in [0, 0.1) is 12.8 Å². The van der Waals surface area contributed by atoms with E-state index in [1.165, 1.54) is 5.56 Å². The number of carbonyl (C=O) groups is 1. The van der Waals surface area contributed by atoms with Crippen molar-refractivity contribution in [1.29, 1.82) is 0 Å². The number of H-pyrrole nitrogens is 1. The molecule has 0 saturated carbocycles. The Hall–Kier alpha value is -2.99. The average molecular weight is 375 g/mol. The minimum absolute atomic E-state index is 0.00636. The van der Waals surface area contributed by atoms with Crippen LogP contribution in [0.4, 0.5) is 5.69 Å². The predicted octanol–water partition coefficient (Wildman–Crippen LogP) is 3.63. The van der Waals surface area contributed by atoms with Gasteiger partial charge in [-0.15, -0.1) is 0 Å². The van der Waals surface area contributed by atoms with Gasteiger partial charge in [0.05, 0.1) is 5.92 Å². The maximum absolute atomic E-state index is 12.8. The molecule has 1 aliphatic rings. The van der Waals surface area contributed by atoms with Crippen molar-refractivity contribution in [2.24, 2.45) is 5.92 Å². The van der Waals surface area contributed by atoms with E-state index in [2.05, 4.69) is 49.7 Å². The Morgan fingerprint density at radius 1 is 1.21 bits per heavy atom. The van der Waals surface area contributed by atoms with E-state index in [9.17, 15) is 4.79 Å². The molecule has 4 rings (SSSR count). The second-order valence-electron chi connectivity index (χ2n) is 7.37. The molecule has 1 fully saturated rings. The minimum Gasteiger partial charge on any atom is -0.326 e. The molecule has 144 valence electrons. The lowest BCUT2D eigenvalue weighted by Gasteiger charge is -2.32. The van der Waals surface area contributed by atoms with Gasteiger partial charge in [-0.2, -0.15) is 5.10 Å². The molecule has 1 unspecified atom stereocenters. The molecular weight excluding hydrogens is 350 g/mol. The second-order valence-corrected chi connectivity index (χ2v) is 7.37. The monoisotopic (exact) mass is 375 g/mol. The number of hydrogen-bond donors (Lipinski definition) is 2. The smallest absolute Gasteiger partial charge is 0.228 e. The fourth-order valence-electron chi connectivity index (χ4n) is 3.71. The summed E-state index contributed by atoms with van der Waals surface area (Å²) >= 11 is 0. The molecular formula is C22H25N5O. The minimum atomic E-state index is 0.00636. The van der Waals surface area contributed by atoms with Crippen molar-refractivity contribution in [3.8, 4) is 11.4 Å². The second kappa shape index (κ2) is 8.35. The number of aromatic nitrogens is 3. The normalized spacial score (nSPS) is 17.4. The maximum Gasteiger partial charge on any atom is 0.228 e. The van der Waals surface area contributed by atoms with Gasteiger partial charge in [-0.1, -0.05) is 42.5 Å². The first-order chi connectivity index (χ1) is 13.7. The Kier molecular flexibility index (Phi) is 5.48. The van der Waals surface area contributed by atoms with Gasteiger partial charge in [0.15, 0.2) is 5.82 Å². The van der Waals surface area contributed by atoms with Gasteiger partial charge in [-0.25, -0.2) is 4.98 Å². The number of carbonyl (C=O) groups excluding carboxylic acids is 1. The zero-order valence-electron chi connectivity index (χ0n) is 16.1. The number of piperidine rings is 1. The van der Waals surface area contributed by atoms with Crippen LogP contribution in [0.2, 0.25) is 0 Å². The van der Waals surface area contributed by atoms with E-state index in [1.54, 1.807) is 0 Å². The van der Waals surface area contributed by atoms with Gasteiger partial charge in [0.25, 0.3) is 0 Å². The van der Waals surface area contributed by atoms with Crippen LogP contribution in [0.1, 0.15) is 24.2 Å². The summed E-state index contributed by atoms with van der Waals surface area (Å²) in [5, 5.41) is 10.1. The summed E-state index contributed by atoms with van der Waals surface area (Å²) in [7, 11) is 0. The molecule has 2 heterocycles. The molecule has 2 N–H and O–H groups in total. The summed E-state index contributed by atoms with van der Waals surface area (Å²) in [6, 6.07) is 18.1.